The average Bonchev–Trinajstić information content (AvgIpc) is 3.29. The molecule has 7 heteroatoms. The van der Waals surface area contributed by atoms with Crippen molar-refractivity contribution in [2.45, 2.75) is 13.1 Å². The Labute approximate surface area is 165 Å². The van der Waals surface area contributed by atoms with E-state index in [1.807, 2.05) is 41.2 Å². The number of halogens is 2. The maximum absolute atomic E-state index is 12.6. The van der Waals surface area contributed by atoms with Crippen LogP contribution in [0.2, 0.25) is 10.0 Å². The number of carbonyl (C=O) groups excluding carboxylic acids is 1. The number of benzene rings is 2. The van der Waals surface area contributed by atoms with Crippen LogP contribution in [0.5, 0.6) is 0 Å². The molecule has 0 saturated carbocycles. The fourth-order valence-corrected chi connectivity index (χ4v) is 3.47. The molecular formula is C20H16Cl2N4O. The minimum atomic E-state index is -0.263. The van der Waals surface area contributed by atoms with Crippen LogP contribution in [0.1, 0.15) is 21.6 Å². The van der Waals surface area contributed by atoms with Gasteiger partial charge < -0.3 is 10.3 Å². The van der Waals surface area contributed by atoms with Gasteiger partial charge in [0.1, 0.15) is 5.69 Å². The Morgan fingerprint density at radius 2 is 1.93 bits per heavy atom. The molecule has 0 atom stereocenters. The van der Waals surface area contributed by atoms with Crippen LogP contribution >= 0.6 is 23.2 Å². The van der Waals surface area contributed by atoms with E-state index in [1.165, 1.54) is 0 Å². The largest absolute Gasteiger partial charge is 0.349 e. The predicted molar refractivity (Wildman–Crippen MR) is 107 cm³/mol. The molecule has 1 amide bonds. The number of aromatic nitrogens is 3. The van der Waals surface area contributed by atoms with Gasteiger partial charge in [-0.1, -0.05) is 47.5 Å². The van der Waals surface area contributed by atoms with E-state index in [4.69, 9.17) is 23.2 Å². The van der Waals surface area contributed by atoms with E-state index in [0.717, 1.165) is 22.0 Å². The molecule has 5 nitrogen and oxygen atoms in total. The van der Waals surface area contributed by atoms with Crippen molar-refractivity contribution >= 4 is 40.0 Å². The Hall–Kier alpha value is -2.76. The minimum absolute atomic E-state index is 0.263. The maximum atomic E-state index is 12.6. The Kier molecular flexibility index (Phi) is 4.88. The van der Waals surface area contributed by atoms with Crippen LogP contribution in [-0.2, 0) is 13.1 Å². The second-order valence-corrected chi connectivity index (χ2v) is 6.97. The van der Waals surface area contributed by atoms with E-state index in [1.54, 1.807) is 24.4 Å². The lowest BCUT2D eigenvalue weighted by Crippen LogP contribution is -2.24. The first-order valence-corrected chi connectivity index (χ1v) is 9.16. The third-order valence-corrected chi connectivity index (χ3v) is 5.00. The molecular weight excluding hydrogens is 383 g/mol. The van der Waals surface area contributed by atoms with Crippen LogP contribution in [0.15, 0.2) is 60.9 Å². The molecule has 0 saturated heterocycles. The molecule has 0 aliphatic carbocycles. The Morgan fingerprint density at radius 3 is 2.70 bits per heavy atom. The number of hydrogen-bond donors (Lipinski definition) is 2. The van der Waals surface area contributed by atoms with Gasteiger partial charge >= 0.3 is 0 Å². The Balaban J connectivity index is 1.52. The summed E-state index contributed by atoms with van der Waals surface area (Å²) >= 11 is 12.4. The number of aromatic amines is 1. The zero-order valence-electron chi connectivity index (χ0n) is 14.2. The van der Waals surface area contributed by atoms with E-state index in [9.17, 15) is 4.79 Å². The zero-order valence-corrected chi connectivity index (χ0v) is 15.8. The van der Waals surface area contributed by atoms with Crippen molar-refractivity contribution in [3.05, 3.63) is 87.8 Å². The summed E-state index contributed by atoms with van der Waals surface area (Å²) in [5.74, 6) is -0.263. The zero-order chi connectivity index (χ0) is 18.8. The standard InChI is InChI=1S/C20H16Cl2N4O/c21-15-6-7-17-16(10-15)18(22)19(25-17)20(27)23-11-13-4-1-2-5-14(13)12-26-9-3-8-24-26/h1-10,25H,11-12H2,(H,23,27). The highest BCUT2D eigenvalue weighted by Crippen LogP contribution is 2.29. The number of amides is 1. The number of H-pyrrole nitrogens is 1. The van der Waals surface area contributed by atoms with Crippen molar-refractivity contribution in [1.82, 2.24) is 20.1 Å². The highest BCUT2D eigenvalue weighted by atomic mass is 35.5. The molecule has 2 aromatic carbocycles. The van der Waals surface area contributed by atoms with Crippen molar-refractivity contribution in [3.8, 4) is 0 Å². The molecule has 0 bridgehead atoms. The molecule has 136 valence electrons. The smallest absolute Gasteiger partial charge is 0.269 e. The fourth-order valence-electron chi connectivity index (χ4n) is 3.00. The van der Waals surface area contributed by atoms with Crippen LogP contribution in [0.3, 0.4) is 0 Å². The summed E-state index contributed by atoms with van der Waals surface area (Å²) in [6.07, 6.45) is 3.65. The normalized spacial score (nSPS) is 11.0. The molecule has 0 aliphatic rings. The summed E-state index contributed by atoms with van der Waals surface area (Å²) in [5, 5.41) is 8.84. The first kappa shape index (κ1) is 17.6. The molecule has 2 aromatic heterocycles. The molecule has 0 aliphatic heterocycles. The predicted octanol–water partition coefficient (Wildman–Crippen LogP) is 4.65. The molecule has 2 heterocycles. The molecule has 4 aromatic rings. The molecule has 2 N–H and O–H groups in total. The van der Waals surface area contributed by atoms with Crippen molar-refractivity contribution in [2.24, 2.45) is 0 Å². The van der Waals surface area contributed by atoms with Gasteiger partial charge in [-0.15, -0.1) is 0 Å². The quantitative estimate of drug-likeness (QED) is 0.513. The molecule has 27 heavy (non-hydrogen) atoms. The number of hydrogen-bond acceptors (Lipinski definition) is 2. The van der Waals surface area contributed by atoms with E-state index >= 15 is 0 Å². The van der Waals surface area contributed by atoms with Crippen molar-refractivity contribution in [3.63, 3.8) is 0 Å². The average molecular weight is 399 g/mol. The number of rotatable bonds is 5. The van der Waals surface area contributed by atoms with Gasteiger partial charge in [0.05, 0.1) is 11.6 Å². The van der Waals surface area contributed by atoms with Crippen LogP contribution in [-0.4, -0.2) is 20.7 Å². The molecule has 0 spiro atoms. The van der Waals surface area contributed by atoms with Crippen molar-refractivity contribution in [1.29, 1.82) is 0 Å². The molecule has 0 radical (unpaired) electrons. The summed E-state index contributed by atoms with van der Waals surface area (Å²) < 4.78 is 1.85. The van der Waals surface area contributed by atoms with Gasteiger partial charge in [0.15, 0.2) is 0 Å². The number of nitrogens with zero attached hydrogens (tertiary/aromatic N) is 2. The van der Waals surface area contributed by atoms with E-state index in [2.05, 4.69) is 15.4 Å². The topological polar surface area (TPSA) is 62.7 Å². The number of fused-ring (bicyclic) bond motifs is 1. The third-order valence-electron chi connectivity index (χ3n) is 4.37. The third kappa shape index (κ3) is 3.70. The monoisotopic (exact) mass is 398 g/mol. The van der Waals surface area contributed by atoms with Crippen LogP contribution in [0.4, 0.5) is 0 Å². The lowest BCUT2D eigenvalue weighted by atomic mass is 10.1. The number of carbonyl (C=O) groups is 1. The van der Waals surface area contributed by atoms with Gasteiger partial charge in [-0.2, -0.15) is 5.10 Å². The summed E-state index contributed by atoms with van der Waals surface area (Å²) in [6.45, 7) is 1.04. The lowest BCUT2D eigenvalue weighted by molar-refractivity contribution is 0.0947. The SMILES string of the molecule is O=C(NCc1ccccc1Cn1cccn1)c1[nH]c2ccc(Cl)cc2c1Cl. The minimum Gasteiger partial charge on any atom is -0.349 e. The van der Waals surface area contributed by atoms with Crippen LogP contribution in [0, 0.1) is 0 Å². The molecule has 0 fully saturated rings. The van der Waals surface area contributed by atoms with Gasteiger partial charge in [-0.25, -0.2) is 0 Å². The van der Waals surface area contributed by atoms with Crippen molar-refractivity contribution in [2.75, 3.05) is 0 Å². The molecule has 4 rings (SSSR count). The fraction of sp³-hybridized carbons (Fsp3) is 0.100. The summed E-state index contributed by atoms with van der Waals surface area (Å²) in [7, 11) is 0. The highest BCUT2D eigenvalue weighted by molar-refractivity contribution is 6.39. The maximum Gasteiger partial charge on any atom is 0.269 e. The first-order valence-electron chi connectivity index (χ1n) is 8.41. The van der Waals surface area contributed by atoms with Gasteiger partial charge in [-0.3, -0.25) is 9.48 Å². The van der Waals surface area contributed by atoms with Crippen molar-refractivity contribution < 1.29 is 4.79 Å². The van der Waals surface area contributed by atoms with Crippen LogP contribution < -0.4 is 5.32 Å². The summed E-state index contributed by atoms with van der Waals surface area (Å²) in [5.41, 5.74) is 3.22. The Bertz CT molecular complexity index is 1100. The molecule has 0 unspecified atom stereocenters. The number of nitrogens with one attached hydrogen (secondary N) is 2. The summed E-state index contributed by atoms with van der Waals surface area (Å²) in [4.78, 5) is 15.7. The van der Waals surface area contributed by atoms with Gasteiger partial charge in [0.25, 0.3) is 5.91 Å². The first-order chi connectivity index (χ1) is 13.1. The second-order valence-electron chi connectivity index (χ2n) is 6.16. The van der Waals surface area contributed by atoms with Crippen LogP contribution in [0.25, 0.3) is 10.9 Å². The van der Waals surface area contributed by atoms with Gasteiger partial charge in [0, 0.05) is 34.9 Å². The second kappa shape index (κ2) is 7.47. The van der Waals surface area contributed by atoms with Gasteiger partial charge in [0.2, 0.25) is 0 Å². The highest BCUT2D eigenvalue weighted by Gasteiger charge is 2.17. The summed E-state index contributed by atoms with van der Waals surface area (Å²) in [6, 6.07) is 15.1. The lowest BCUT2D eigenvalue weighted by Gasteiger charge is -2.11. The van der Waals surface area contributed by atoms with E-state index in [0.29, 0.717) is 28.8 Å². The Morgan fingerprint density at radius 1 is 1.11 bits per heavy atom. The van der Waals surface area contributed by atoms with Gasteiger partial charge in [-0.05, 0) is 35.4 Å². The van der Waals surface area contributed by atoms with E-state index in [-0.39, 0.29) is 5.91 Å². The van der Waals surface area contributed by atoms with E-state index < -0.39 is 0 Å².